The number of carbonyl (C=O) groups is 2. The molecule has 0 radical (unpaired) electrons. The van der Waals surface area contributed by atoms with Gasteiger partial charge in [-0.2, -0.15) is 0 Å². The average molecular weight is 187 g/mol. The smallest absolute Gasteiger partial charge is 0.188 e. The van der Waals surface area contributed by atoms with Crippen molar-refractivity contribution in [3.05, 3.63) is 35.2 Å². The highest BCUT2D eigenvalue weighted by molar-refractivity contribution is 6.22. The maximum atomic E-state index is 11.6. The SMILES string of the molecule is O=C1C=CC(=O)c2c1cn1c2CCC1. The largest absolute Gasteiger partial charge is 0.350 e. The summed E-state index contributed by atoms with van der Waals surface area (Å²) in [6.07, 6.45) is 6.56. The van der Waals surface area contributed by atoms with Crippen molar-refractivity contribution >= 4 is 11.6 Å². The van der Waals surface area contributed by atoms with Gasteiger partial charge in [0.1, 0.15) is 0 Å². The van der Waals surface area contributed by atoms with Gasteiger partial charge < -0.3 is 4.57 Å². The van der Waals surface area contributed by atoms with E-state index in [1.54, 1.807) is 0 Å². The van der Waals surface area contributed by atoms with Gasteiger partial charge in [-0.25, -0.2) is 0 Å². The second-order valence-corrected chi connectivity index (χ2v) is 3.72. The monoisotopic (exact) mass is 187 g/mol. The molecule has 0 aromatic carbocycles. The van der Waals surface area contributed by atoms with Gasteiger partial charge in [-0.05, 0) is 25.0 Å². The molecule has 0 saturated carbocycles. The van der Waals surface area contributed by atoms with E-state index in [1.807, 2.05) is 10.8 Å². The van der Waals surface area contributed by atoms with Gasteiger partial charge in [-0.1, -0.05) is 0 Å². The molecule has 0 fully saturated rings. The summed E-state index contributed by atoms with van der Waals surface area (Å²) >= 11 is 0. The number of rotatable bonds is 0. The fraction of sp³-hybridized carbons (Fsp3) is 0.273. The standard InChI is InChI=1S/C11H9NO2/c13-9-3-4-10(14)11-7(9)6-12-5-1-2-8(11)12/h3-4,6H,1-2,5H2. The Hall–Kier alpha value is -1.64. The first-order valence-corrected chi connectivity index (χ1v) is 4.76. The van der Waals surface area contributed by atoms with Crippen LogP contribution in [0.4, 0.5) is 0 Å². The van der Waals surface area contributed by atoms with E-state index in [0.717, 1.165) is 25.1 Å². The third kappa shape index (κ3) is 0.816. The van der Waals surface area contributed by atoms with Crippen LogP contribution in [0.1, 0.15) is 32.8 Å². The first-order valence-electron chi connectivity index (χ1n) is 4.76. The molecule has 1 aromatic heterocycles. The molecule has 3 nitrogen and oxygen atoms in total. The molecule has 14 heavy (non-hydrogen) atoms. The predicted octanol–water partition coefficient (Wildman–Crippen LogP) is 1.37. The second kappa shape index (κ2) is 2.44. The summed E-state index contributed by atoms with van der Waals surface area (Å²) in [7, 11) is 0. The molecule has 0 amide bonds. The summed E-state index contributed by atoms with van der Waals surface area (Å²) in [5.41, 5.74) is 2.28. The number of fused-ring (bicyclic) bond motifs is 3. The Balaban J connectivity index is 2.30. The Bertz CT molecular complexity index is 480. The van der Waals surface area contributed by atoms with Crippen molar-refractivity contribution in [1.82, 2.24) is 4.57 Å². The minimum absolute atomic E-state index is 0.0183. The van der Waals surface area contributed by atoms with Crippen LogP contribution < -0.4 is 0 Å². The third-order valence-corrected chi connectivity index (χ3v) is 2.90. The molecule has 0 atom stereocenters. The predicted molar refractivity (Wildman–Crippen MR) is 50.6 cm³/mol. The first-order chi connectivity index (χ1) is 6.77. The van der Waals surface area contributed by atoms with E-state index in [9.17, 15) is 9.59 Å². The van der Waals surface area contributed by atoms with Gasteiger partial charge in [0.25, 0.3) is 0 Å². The zero-order chi connectivity index (χ0) is 9.71. The molecule has 1 aliphatic heterocycles. The van der Waals surface area contributed by atoms with Gasteiger partial charge >= 0.3 is 0 Å². The summed E-state index contributed by atoms with van der Waals surface area (Å²) in [6, 6.07) is 0. The van der Waals surface area contributed by atoms with Gasteiger partial charge in [0, 0.05) is 18.4 Å². The maximum Gasteiger partial charge on any atom is 0.188 e. The Morgan fingerprint density at radius 2 is 1.93 bits per heavy atom. The van der Waals surface area contributed by atoms with Gasteiger partial charge in [-0.3, -0.25) is 9.59 Å². The number of aryl methyl sites for hydroxylation is 1. The molecular weight excluding hydrogens is 178 g/mol. The number of carbonyl (C=O) groups excluding carboxylic acids is 2. The minimum Gasteiger partial charge on any atom is -0.350 e. The van der Waals surface area contributed by atoms with E-state index in [1.165, 1.54) is 12.2 Å². The first kappa shape index (κ1) is 7.74. The second-order valence-electron chi connectivity index (χ2n) is 3.72. The van der Waals surface area contributed by atoms with Crippen molar-refractivity contribution in [3.63, 3.8) is 0 Å². The van der Waals surface area contributed by atoms with Gasteiger partial charge in [-0.15, -0.1) is 0 Å². The van der Waals surface area contributed by atoms with Crippen LogP contribution in [0.3, 0.4) is 0 Å². The van der Waals surface area contributed by atoms with Crippen LogP contribution in [0.15, 0.2) is 18.3 Å². The molecule has 0 unspecified atom stereocenters. The Morgan fingerprint density at radius 3 is 2.79 bits per heavy atom. The molecule has 2 aliphatic rings. The van der Waals surface area contributed by atoms with Crippen LogP contribution in [0.2, 0.25) is 0 Å². The number of aromatic nitrogens is 1. The van der Waals surface area contributed by atoms with Crippen molar-refractivity contribution < 1.29 is 9.59 Å². The van der Waals surface area contributed by atoms with E-state index < -0.39 is 0 Å². The maximum absolute atomic E-state index is 11.6. The summed E-state index contributed by atoms with van der Waals surface area (Å²) < 4.78 is 2.04. The average Bonchev–Trinajstić information content (AvgIpc) is 2.70. The summed E-state index contributed by atoms with van der Waals surface area (Å²) in [6.45, 7) is 0.933. The van der Waals surface area contributed by atoms with Crippen LogP contribution in [0.5, 0.6) is 0 Å². The van der Waals surface area contributed by atoms with Crippen LogP contribution >= 0.6 is 0 Å². The molecule has 0 spiro atoms. The molecule has 0 bridgehead atoms. The lowest BCUT2D eigenvalue weighted by molar-refractivity contribution is 0.0994. The third-order valence-electron chi connectivity index (χ3n) is 2.90. The van der Waals surface area contributed by atoms with Crippen LogP contribution in [0.25, 0.3) is 0 Å². The van der Waals surface area contributed by atoms with Crippen molar-refractivity contribution in [2.24, 2.45) is 0 Å². The topological polar surface area (TPSA) is 39.1 Å². The van der Waals surface area contributed by atoms with Crippen molar-refractivity contribution in [1.29, 1.82) is 0 Å². The van der Waals surface area contributed by atoms with E-state index in [2.05, 4.69) is 0 Å². The molecule has 0 saturated heterocycles. The lowest BCUT2D eigenvalue weighted by atomic mass is 9.96. The summed E-state index contributed by atoms with van der Waals surface area (Å²) in [5, 5.41) is 0. The number of hydrogen-bond acceptors (Lipinski definition) is 2. The number of hydrogen-bond donors (Lipinski definition) is 0. The Kier molecular flexibility index (Phi) is 1.35. The molecule has 70 valence electrons. The number of allylic oxidation sites excluding steroid dienone is 2. The number of ketones is 2. The van der Waals surface area contributed by atoms with Gasteiger partial charge in [0.2, 0.25) is 0 Å². The summed E-state index contributed by atoms with van der Waals surface area (Å²) in [5.74, 6) is -0.0586. The Labute approximate surface area is 81.0 Å². The van der Waals surface area contributed by atoms with Crippen LogP contribution in [-0.4, -0.2) is 16.1 Å². The van der Waals surface area contributed by atoms with Crippen molar-refractivity contribution in [2.45, 2.75) is 19.4 Å². The fourth-order valence-corrected chi connectivity index (χ4v) is 2.27. The van der Waals surface area contributed by atoms with E-state index >= 15 is 0 Å². The molecule has 0 N–H and O–H groups in total. The molecule has 3 heteroatoms. The van der Waals surface area contributed by atoms with Crippen LogP contribution in [-0.2, 0) is 13.0 Å². The highest BCUT2D eigenvalue weighted by Crippen LogP contribution is 2.28. The zero-order valence-electron chi connectivity index (χ0n) is 7.62. The molecule has 1 aliphatic carbocycles. The minimum atomic E-state index is -0.0403. The highest BCUT2D eigenvalue weighted by atomic mass is 16.1. The Morgan fingerprint density at radius 1 is 1.14 bits per heavy atom. The molecule has 2 heterocycles. The normalized spacial score (nSPS) is 18.6. The molecule has 3 rings (SSSR count). The lowest BCUT2D eigenvalue weighted by Gasteiger charge is -2.03. The quantitative estimate of drug-likeness (QED) is 0.615. The van der Waals surface area contributed by atoms with Gasteiger partial charge in [0.15, 0.2) is 11.6 Å². The van der Waals surface area contributed by atoms with E-state index in [-0.39, 0.29) is 11.6 Å². The van der Waals surface area contributed by atoms with Crippen molar-refractivity contribution in [2.75, 3.05) is 0 Å². The highest BCUT2D eigenvalue weighted by Gasteiger charge is 2.28. The zero-order valence-corrected chi connectivity index (χ0v) is 7.62. The summed E-state index contributed by atoms with van der Waals surface area (Å²) in [4.78, 5) is 23.1. The van der Waals surface area contributed by atoms with Gasteiger partial charge in [0.05, 0.1) is 11.1 Å². The van der Waals surface area contributed by atoms with Crippen molar-refractivity contribution in [3.8, 4) is 0 Å². The van der Waals surface area contributed by atoms with E-state index in [0.29, 0.717) is 11.1 Å². The van der Waals surface area contributed by atoms with Crippen LogP contribution in [0, 0.1) is 0 Å². The fourth-order valence-electron chi connectivity index (χ4n) is 2.27. The number of nitrogens with zero attached hydrogens (tertiary/aromatic N) is 1. The van der Waals surface area contributed by atoms with E-state index in [4.69, 9.17) is 0 Å². The molecular formula is C11H9NO2. The molecule has 1 aromatic rings. The lowest BCUT2D eigenvalue weighted by Crippen LogP contribution is -2.10.